The van der Waals surface area contributed by atoms with Crippen molar-refractivity contribution < 1.29 is 9.90 Å². The van der Waals surface area contributed by atoms with E-state index in [1.165, 1.54) is 19.3 Å². The second kappa shape index (κ2) is 7.72. The van der Waals surface area contributed by atoms with Gasteiger partial charge < -0.3 is 10.0 Å². The zero-order chi connectivity index (χ0) is 14.2. The van der Waals surface area contributed by atoms with Gasteiger partial charge in [0, 0.05) is 24.2 Å². The van der Waals surface area contributed by atoms with Crippen LogP contribution < -0.4 is 0 Å². The van der Waals surface area contributed by atoms with Gasteiger partial charge in [0.1, 0.15) is 6.61 Å². The molecule has 0 unspecified atom stereocenters. The summed E-state index contributed by atoms with van der Waals surface area (Å²) in [4.78, 5) is 14.5. The Bertz CT molecular complexity index is 505. The summed E-state index contributed by atoms with van der Waals surface area (Å²) >= 11 is 0. The van der Waals surface area contributed by atoms with Crippen LogP contribution in [0.25, 0.3) is 0 Å². The van der Waals surface area contributed by atoms with E-state index >= 15 is 0 Å². The van der Waals surface area contributed by atoms with Crippen LogP contribution in [0, 0.1) is 11.8 Å². The molecule has 20 heavy (non-hydrogen) atoms. The average Bonchev–Trinajstić information content (AvgIpc) is 2.44. The van der Waals surface area contributed by atoms with E-state index in [4.69, 9.17) is 5.11 Å². The first-order valence-electron chi connectivity index (χ1n) is 7.30. The van der Waals surface area contributed by atoms with Gasteiger partial charge in [0.05, 0.1) is 0 Å². The Kier molecular flexibility index (Phi) is 5.64. The molecule has 0 saturated carbocycles. The highest BCUT2D eigenvalue weighted by Crippen LogP contribution is 2.14. The van der Waals surface area contributed by atoms with Crippen molar-refractivity contribution in [2.75, 3.05) is 19.7 Å². The number of aliphatic hydroxyl groups is 1. The predicted octanol–water partition coefficient (Wildman–Crippen LogP) is 2.44. The minimum Gasteiger partial charge on any atom is -0.384 e. The number of hydrogen-bond acceptors (Lipinski definition) is 2. The number of amides is 1. The Hall–Kier alpha value is -1.79. The van der Waals surface area contributed by atoms with E-state index in [0.29, 0.717) is 5.56 Å². The molecule has 1 heterocycles. The molecule has 1 fully saturated rings. The van der Waals surface area contributed by atoms with E-state index in [-0.39, 0.29) is 12.5 Å². The Balaban J connectivity index is 2.10. The molecule has 2 rings (SSSR count). The normalized spacial score (nSPS) is 15.8. The van der Waals surface area contributed by atoms with Crippen molar-refractivity contribution in [1.29, 1.82) is 0 Å². The van der Waals surface area contributed by atoms with Crippen LogP contribution in [0.3, 0.4) is 0 Å². The topological polar surface area (TPSA) is 40.5 Å². The minimum absolute atomic E-state index is 0.0968. The van der Waals surface area contributed by atoms with E-state index in [1.54, 1.807) is 0 Å². The van der Waals surface area contributed by atoms with Gasteiger partial charge in [0.25, 0.3) is 5.91 Å². The summed E-state index contributed by atoms with van der Waals surface area (Å²) in [7, 11) is 0. The molecule has 0 aliphatic carbocycles. The third kappa shape index (κ3) is 4.11. The molecular weight excluding hydrogens is 250 g/mol. The summed E-state index contributed by atoms with van der Waals surface area (Å²) in [6.07, 6.45) is 5.90. The molecule has 1 saturated heterocycles. The van der Waals surface area contributed by atoms with Crippen molar-refractivity contribution in [3.8, 4) is 11.8 Å². The monoisotopic (exact) mass is 271 g/mol. The highest BCUT2D eigenvalue weighted by molar-refractivity contribution is 5.94. The Labute approximate surface area is 120 Å². The summed E-state index contributed by atoms with van der Waals surface area (Å²) < 4.78 is 0. The SMILES string of the molecule is O=C(c1cccc(C#CCO)c1)N1CCCCCCC1. The average molecular weight is 271 g/mol. The molecule has 1 aromatic carbocycles. The Morgan fingerprint density at radius 1 is 1.15 bits per heavy atom. The number of rotatable bonds is 1. The lowest BCUT2D eigenvalue weighted by molar-refractivity contribution is 0.0742. The van der Waals surface area contributed by atoms with Gasteiger partial charge in [-0.25, -0.2) is 0 Å². The summed E-state index contributed by atoms with van der Waals surface area (Å²) in [5.74, 6) is 5.55. The first kappa shape index (κ1) is 14.6. The maximum absolute atomic E-state index is 12.5. The third-order valence-corrected chi connectivity index (χ3v) is 3.56. The van der Waals surface area contributed by atoms with Crippen LogP contribution in [-0.2, 0) is 0 Å². The zero-order valence-corrected chi connectivity index (χ0v) is 11.8. The van der Waals surface area contributed by atoms with Gasteiger partial charge in [0.15, 0.2) is 0 Å². The van der Waals surface area contributed by atoms with Crippen LogP contribution in [0.4, 0.5) is 0 Å². The summed E-state index contributed by atoms with van der Waals surface area (Å²) in [6.45, 7) is 1.54. The lowest BCUT2D eigenvalue weighted by atomic mass is 10.1. The van der Waals surface area contributed by atoms with Crippen molar-refractivity contribution in [2.24, 2.45) is 0 Å². The Morgan fingerprint density at radius 3 is 2.55 bits per heavy atom. The molecule has 0 bridgehead atoms. The van der Waals surface area contributed by atoms with Gasteiger partial charge in [-0.2, -0.15) is 0 Å². The molecule has 3 heteroatoms. The van der Waals surface area contributed by atoms with Crippen molar-refractivity contribution >= 4 is 5.91 Å². The molecule has 1 aliphatic heterocycles. The highest BCUT2D eigenvalue weighted by atomic mass is 16.2. The molecule has 106 valence electrons. The number of aliphatic hydroxyl groups excluding tert-OH is 1. The molecule has 1 aliphatic rings. The summed E-state index contributed by atoms with van der Waals surface area (Å²) in [5, 5.41) is 8.72. The van der Waals surface area contributed by atoms with Gasteiger partial charge in [-0.05, 0) is 31.0 Å². The quantitative estimate of drug-likeness (QED) is 0.797. The van der Waals surface area contributed by atoms with Crippen LogP contribution in [0.15, 0.2) is 24.3 Å². The zero-order valence-electron chi connectivity index (χ0n) is 11.8. The van der Waals surface area contributed by atoms with E-state index in [9.17, 15) is 4.79 Å². The molecule has 0 radical (unpaired) electrons. The molecule has 0 aromatic heterocycles. The van der Waals surface area contributed by atoms with Gasteiger partial charge in [-0.3, -0.25) is 4.79 Å². The van der Waals surface area contributed by atoms with E-state index in [1.807, 2.05) is 29.2 Å². The van der Waals surface area contributed by atoms with Crippen LogP contribution in [-0.4, -0.2) is 35.6 Å². The molecule has 0 atom stereocenters. The first-order chi connectivity index (χ1) is 9.81. The number of carbonyl (C=O) groups excluding carboxylic acids is 1. The second-order valence-corrected chi connectivity index (χ2v) is 5.10. The number of hydrogen-bond donors (Lipinski definition) is 1. The summed E-state index contributed by atoms with van der Waals surface area (Å²) in [6, 6.07) is 7.35. The van der Waals surface area contributed by atoms with Gasteiger partial charge >= 0.3 is 0 Å². The smallest absolute Gasteiger partial charge is 0.253 e. The van der Waals surface area contributed by atoms with E-state index < -0.39 is 0 Å². The number of carbonyl (C=O) groups is 1. The van der Waals surface area contributed by atoms with E-state index in [2.05, 4.69) is 11.8 Å². The van der Waals surface area contributed by atoms with Crippen LogP contribution in [0.5, 0.6) is 0 Å². The van der Waals surface area contributed by atoms with Gasteiger partial charge in [0.2, 0.25) is 0 Å². The van der Waals surface area contributed by atoms with Gasteiger partial charge in [-0.15, -0.1) is 0 Å². The molecule has 1 aromatic rings. The van der Waals surface area contributed by atoms with Crippen molar-refractivity contribution in [2.45, 2.75) is 32.1 Å². The highest BCUT2D eigenvalue weighted by Gasteiger charge is 2.16. The summed E-state index contributed by atoms with van der Waals surface area (Å²) in [5.41, 5.74) is 1.47. The maximum atomic E-state index is 12.5. The standard InChI is InChI=1S/C17H21NO2/c19-13-7-9-15-8-6-10-16(14-15)17(20)18-11-4-2-1-3-5-12-18/h6,8,10,14,19H,1-5,11-13H2. The van der Waals surface area contributed by atoms with Crippen molar-refractivity contribution in [3.05, 3.63) is 35.4 Å². The van der Waals surface area contributed by atoms with Crippen LogP contribution >= 0.6 is 0 Å². The molecule has 1 N–H and O–H groups in total. The fraction of sp³-hybridized carbons (Fsp3) is 0.471. The van der Waals surface area contributed by atoms with Crippen molar-refractivity contribution in [1.82, 2.24) is 4.90 Å². The third-order valence-electron chi connectivity index (χ3n) is 3.56. The number of nitrogens with zero attached hydrogens (tertiary/aromatic N) is 1. The Morgan fingerprint density at radius 2 is 1.85 bits per heavy atom. The second-order valence-electron chi connectivity index (χ2n) is 5.10. The number of likely N-dealkylation sites (tertiary alicyclic amines) is 1. The lowest BCUT2D eigenvalue weighted by Gasteiger charge is -2.24. The van der Waals surface area contributed by atoms with Gasteiger partial charge in [-0.1, -0.05) is 37.2 Å². The van der Waals surface area contributed by atoms with E-state index in [0.717, 1.165) is 31.5 Å². The maximum Gasteiger partial charge on any atom is 0.253 e. The first-order valence-corrected chi connectivity index (χ1v) is 7.30. The molecular formula is C17H21NO2. The fourth-order valence-electron chi connectivity index (χ4n) is 2.50. The minimum atomic E-state index is -0.162. The van der Waals surface area contributed by atoms with Crippen molar-refractivity contribution in [3.63, 3.8) is 0 Å². The molecule has 1 amide bonds. The molecule has 0 spiro atoms. The van der Waals surface area contributed by atoms with Crippen LogP contribution in [0.1, 0.15) is 48.0 Å². The van der Waals surface area contributed by atoms with Crippen LogP contribution in [0.2, 0.25) is 0 Å². The fourth-order valence-corrected chi connectivity index (χ4v) is 2.50. The lowest BCUT2D eigenvalue weighted by Crippen LogP contribution is -2.33. The predicted molar refractivity (Wildman–Crippen MR) is 79.4 cm³/mol. The number of benzene rings is 1. The molecule has 3 nitrogen and oxygen atoms in total. The largest absolute Gasteiger partial charge is 0.384 e.